The Balaban J connectivity index is 1.60. The molecule has 1 aliphatic heterocycles. The van der Waals surface area contributed by atoms with Crippen LogP contribution in [0.25, 0.3) is 6.08 Å². The number of hydrogen-bond donors (Lipinski definition) is 0. The van der Waals surface area contributed by atoms with Crippen molar-refractivity contribution in [2.45, 2.75) is 12.3 Å². The fraction of sp³-hybridized carbons (Fsp3) is 0.308. The van der Waals surface area contributed by atoms with Gasteiger partial charge in [-0.3, -0.25) is 4.79 Å². The summed E-state index contributed by atoms with van der Waals surface area (Å²) in [6.07, 6.45) is 5.70. The molecule has 3 heterocycles. The zero-order chi connectivity index (χ0) is 13.1. The molecule has 1 aliphatic rings. The first-order valence-corrected chi connectivity index (χ1v) is 6.97. The zero-order valence-electron chi connectivity index (χ0n) is 10.2. The van der Waals surface area contributed by atoms with Gasteiger partial charge in [-0.05, 0) is 23.9 Å². The number of hydrogen-bond acceptors (Lipinski definition) is 5. The van der Waals surface area contributed by atoms with Gasteiger partial charge in [0.1, 0.15) is 0 Å². The minimum atomic E-state index is 0.0411. The summed E-state index contributed by atoms with van der Waals surface area (Å²) in [5.41, 5.74) is 0. The Morgan fingerprint density at radius 3 is 3.26 bits per heavy atom. The van der Waals surface area contributed by atoms with Crippen LogP contribution in [0, 0.1) is 0 Å². The molecular weight excluding hydrogens is 262 g/mol. The van der Waals surface area contributed by atoms with E-state index in [1.54, 1.807) is 17.4 Å². The molecule has 1 fully saturated rings. The maximum atomic E-state index is 12.0. The van der Waals surface area contributed by atoms with Crippen molar-refractivity contribution in [2.24, 2.45) is 0 Å². The smallest absolute Gasteiger partial charge is 0.246 e. The molecule has 0 saturated carbocycles. The van der Waals surface area contributed by atoms with Crippen LogP contribution in [0.15, 0.2) is 34.5 Å². The molecule has 5 nitrogen and oxygen atoms in total. The van der Waals surface area contributed by atoms with Crippen molar-refractivity contribution in [3.05, 3.63) is 40.7 Å². The molecule has 19 heavy (non-hydrogen) atoms. The van der Waals surface area contributed by atoms with E-state index in [2.05, 4.69) is 10.1 Å². The molecule has 0 aliphatic carbocycles. The van der Waals surface area contributed by atoms with Crippen LogP contribution in [0.5, 0.6) is 0 Å². The highest BCUT2D eigenvalue weighted by Gasteiger charge is 2.28. The second-order valence-electron chi connectivity index (χ2n) is 4.41. The molecule has 2 aromatic rings. The Labute approximate surface area is 114 Å². The molecule has 1 saturated heterocycles. The van der Waals surface area contributed by atoms with Gasteiger partial charge in [0.05, 0.1) is 0 Å². The summed E-state index contributed by atoms with van der Waals surface area (Å²) in [6.45, 7) is 1.40. The molecule has 3 rings (SSSR count). The minimum Gasteiger partial charge on any atom is -0.343 e. The van der Waals surface area contributed by atoms with Gasteiger partial charge in [0.25, 0.3) is 0 Å². The summed E-state index contributed by atoms with van der Waals surface area (Å²) in [5, 5.41) is 5.83. The minimum absolute atomic E-state index is 0.0411. The Hall–Kier alpha value is -1.95. The molecule has 1 amide bonds. The Morgan fingerprint density at radius 1 is 1.58 bits per heavy atom. The third-order valence-corrected chi connectivity index (χ3v) is 4.01. The SMILES string of the molecule is O=C(/C=C\c1cccs1)N1CC[C@@H](c2ncon2)C1. The van der Waals surface area contributed by atoms with Gasteiger partial charge in [-0.2, -0.15) is 4.98 Å². The van der Waals surface area contributed by atoms with Crippen LogP contribution in [0.1, 0.15) is 23.0 Å². The van der Waals surface area contributed by atoms with E-state index in [0.717, 1.165) is 17.8 Å². The number of rotatable bonds is 3. The maximum Gasteiger partial charge on any atom is 0.246 e. The Bertz CT molecular complexity index is 563. The molecule has 0 radical (unpaired) electrons. The monoisotopic (exact) mass is 275 g/mol. The normalized spacial score (nSPS) is 19.4. The van der Waals surface area contributed by atoms with E-state index in [9.17, 15) is 4.79 Å². The number of carbonyl (C=O) groups excluding carboxylic acids is 1. The van der Waals surface area contributed by atoms with Crippen molar-refractivity contribution < 1.29 is 9.32 Å². The summed E-state index contributed by atoms with van der Waals surface area (Å²) in [7, 11) is 0. The second-order valence-corrected chi connectivity index (χ2v) is 5.39. The van der Waals surface area contributed by atoms with Crippen LogP contribution in [0.2, 0.25) is 0 Å². The van der Waals surface area contributed by atoms with Crippen molar-refractivity contribution >= 4 is 23.3 Å². The van der Waals surface area contributed by atoms with E-state index >= 15 is 0 Å². The van der Waals surface area contributed by atoms with Crippen LogP contribution < -0.4 is 0 Å². The Kier molecular flexibility index (Phi) is 3.41. The fourth-order valence-corrected chi connectivity index (χ4v) is 2.79. The molecular formula is C13H13N3O2S. The standard InChI is InChI=1S/C13H13N3O2S/c17-12(4-3-11-2-1-7-19-11)16-6-5-10(8-16)13-14-9-18-15-13/h1-4,7,9-10H,5-6,8H2/b4-3-/t10-/m1/s1. The highest BCUT2D eigenvalue weighted by molar-refractivity contribution is 7.10. The lowest BCUT2D eigenvalue weighted by atomic mass is 10.1. The molecule has 98 valence electrons. The topological polar surface area (TPSA) is 59.2 Å². The van der Waals surface area contributed by atoms with E-state index < -0.39 is 0 Å². The summed E-state index contributed by atoms with van der Waals surface area (Å²) in [4.78, 5) is 19.0. The van der Waals surface area contributed by atoms with Gasteiger partial charge in [-0.25, -0.2) is 0 Å². The van der Waals surface area contributed by atoms with Gasteiger partial charge in [0, 0.05) is 30.0 Å². The van der Waals surface area contributed by atoms with E-state index in [-0.39, 0.29) is 11.8 Å². The summed E-state index contributed by atoms with van der Waals surface area (Å²) in [5.74, 6) is 0.926. The first-order valence-electron chi connectivity index (χ1n) is 6.09. The number of thiophene rings is 1. The molecule has 0 N–H and O–H groups in total. The number of likely N-dealkylation sites (tertiary alicyclic amines) is 1. The summed E-state index contributed by atoms with van der Waals surface area (Å²) in [6, 6.07) is 3.96. The average molecular weight is 275 g/mol. The fourth-order valence-electron chi connectivity index (χ4n) is 2.17. The predicted octanol–water partition coefficient (Wildman–Crippen LogP) is 2.16. The third-order valence-electron chi connectivity index (χ3n) is 3.18. The zero-order valence-corrected chi connectivity index (χ0v) is 11.0. The van der Waals surface area contributed by atoms with Crippen LogP contribution in [-0.2, 0) is 4.79 Å². The first kappa shape index (κ1) is 12.1. The molecule has 0 bridgehead atoms. The van der Waals surface area contributed by atoms with Crippen LogP contribution in [-0.4, -0.2) is 34.0 Å². The van der Waals surface area contributed by atoms with Gasteiger partial charge in [-0.15, -0.1) is 11.3 Å². The van der Waals surface area contributed by atoms with Crippen LogP contribution in [0.4, 0.5) is 0 Å². The quantitative estimate of drug-likeness (QED) is 0.805. The number of nitrogens with zero attached hydrogens (tertiary/aromatic N) is 3. The van der Waals surface area contributed by atoms with Crippen molar-refractivity contribution in [1.82, 2.24) is 15.0 Å². The summed E-state index contributed by atoms with van der Waals surface area (Å²) >= 11 is 1.62. The second kappa shape index (κ2) is 5.36. The van der Waals surface area contributed by atoms with Gasteiger partial charge >= 0.3 is 0 Å². The van der Waals surface area contributed by atoms with E-state index in [4.69, 9.17) is 4.52 Å². The molecule has 6 heteroatoms. The third kappa shape index (κ3) is 2.73. The van der Waals surface area contributed by atoms with Crippen molar-refractivity contribution in [1.29, 1.82) is 0 Å². The highest BCUT2D eigenvalue weighted by atomic mass is 32.1. The maximum absolute atomic E-state index is 12.0. The lowest BCUT2D eigenvalue weighted by Gasteiger charge is -2.12. The van der Waals surface area contributed by atoms with Gasteiger partial charge < -0.3 is 9.42 Å². The molecule has 2 aromatic heterocycles. The van der Waals surface area contributed by atoms with E-state index in [0.29, 0.717) is 12.4 Å². The molecule has 0 unspecified atom stereocenters. The molecule has 0 spiro atoms. The molecule has 0 aromatic carbocycles. The lowest BCUT2D eigenvalue weighted by molar-refractivity contribution is -0.124. The van der Waals surface area contributed by atoms with Crippen molar-refractivity contribution in [3.8, 4) is 0 Å². The van der Waals surface area contributed by atoms with Crippen molar-refractivity contribution in [3.63, 3.8) is 0 Å². The highest BCUT2D eigenvalue weighted by Crippen LogP contribution is 2.24. The number of amides is 1. The van der Waals surface area contributed by atoms with Crippen LogP contribution in [0.3, 0.4) is 0 Å². The van der Waals surface area contributed by atoms with Gasteiger partial charge in [0.2, 0.25) is 12.3 Å². The van der Waals surface area contributed by atoms with E-state index in [1.165, 1.54) is 6.39 Å². The number of aromatic nitrogens is 2. The average Bonchev–Trinajstić information content (AvgIpc) is 3.14. The molecule has 1 atom stereocenters. The lowest BCUT2D eigenvalue weighted by Crippen LogP contribution is -2.26. The Morgan fingerprint density at radius 2 is 2.53 bits per heavy atom. The van der Waals surface area contributed by atoms with Crippen molar-refractivity contribution in [2.75, 3.05) is 13.1 Å². The van der Waals surface area contributed by atoms with Gasteiger partial charge in [-0.1, -0.05) is 11.2 Å². The largest absolute Gasteiger partial charge is 0.343 e. The first-order chi connectivity index (χ1) is 9.33. The van der Waals surface area contributed by atoms with Gasteiger partial charge in [0.15, 0.2) is 5.82 Å². The van der Waals surface area contributed by atoms with Crippen LogP contribution >= 0.6 is 11.3 Å². The summed E-state index contributed by atoms with van der Waals surface area (Å²) < 4.78 is 4.74. The number of carbonyl (C=O) groups is 1. The van der Waals surface area contributed by atoms with E-state index in [1.807, 2.05) is 28.5 Å². The predicted molar refractivity (Wildman–Crippen MR) is 71.6 cm³/mol.